The highest BCUT2D eigenvalue weighted by Gasteiger charge is 2.28. The number of amides is 1. The Bertz CT molecular complexity index is 917. The molecule has 0 aliphatic rings. The fourth-order valence-corrected chi connectivity index (χ4v) is 6.32. The van der Waals surface area contributed by atoms with Gasteiger partial charge in [0.25, 0.3) is 0 Å². The van der Waals surface area contributed by atoms with Crippen LogP contribution >= 0.6 is 7.82 Å². The highest BCUT2D eigenvalue weighted by atomic mass is 31.2. The molecule has 50 heavy (non-hydrogen) atoms. The molecule has 294 valence electrons. The van der Waals surface area contributed by atoms with Crippen LogP contribution < -0.4 is 5.32 Å². The minimum atomic E-state index is -4.31. The first-order valence-electron chi connectivity index (χ1n) is 20.4. The maximum absolute atomic E-state index is 12.8. The van der Waals surface area contributed by atoms with Crippen molar-refractivity contribution in [1.29, 1.82) is 0 Å². The lowest BCUT2D eigenvalue weighted by Gasteiger charge is -2.26. The number of aliphatic hydroxyl groups excluding tert-OH is 1. The van der Waals surface area contributed by atoms with E-state index in [9.17, 15) is 19.4 Å². The average Bonchev–Trinajstić information content (AvgIpc) is 3.06. The van der Waals surface area contributed by atoms with Crippen molar-refractivity contribution in [3.8, 4) is 0 Å². The topological polar surface area (TPSA) is 105 Å². The molecule has 0 aliphatic heterocycles. The van der Waals surface area contributed by atoms with Crippen molar-refractivity contribution in [2.75, 3.05) is 40.9 Å². The van der Waals surface area contributed by atoms with Crippen LogP contribution in [0.4, 0.5) is 0 Å². The van der Waals surface area contributed by atoms with E-state index in [4.69, 9.17) is 9.05 Å². The Morgan fingerprint density at radius 3 is 1.70 bits per heavy atom. The minimum Gasteiger partial charge on any atom is -0.391 e. The fourth-order valence-electron chi connectivity index (χ4n) is 5.58. The van der Waals surface area contributed by atoms with Crippen LogP contribution in [0.5, 0.6) is 0 Å². The molecule has 8 nitrogen and oxygen atoms in total. The van der Waals surface area contributed by atoms with E-state index in [0.717, 1.165) is 64.2 Å². The second kappa shape index (κ2) is 33.5. The van der Waals surface area contributed by atoms with E-state index in [1.807, 2.05) is 21.1 Å². The van der Waals surface area contributed by atoms with Crippen LogP contribution in [0, 0.1) is 0 Å². The molecule has 3 unspecified atom stereocenters. The zero-order chi connectivity index (χ0) is 37.2. The normalized spacial score (nSPS) is 14.9. The van der Waals surface area contributed by atoms with E-state index in [1.165, 1.54) is 77.0 Å². The third kappa shape index (κ3) is 35.1. The lowest BCUT2D eigenvalue weighted by Crippen LogP contribution is -2.46. The van der Waals surface area contributed by atoms with Gasteiger partial charge in [-0.15, -0.1) is 0 Å². The van der Waals surface area contributed by atoms with Crippen molar-refractivity contribution >= 4 is 13.7 Å². The number of nitrogens with zero attached hydrogens (tertiary/aromatic N) is 1. The zero-order valence-electron chi connectivity index (χ0n) is 33.1. The minimum absolute atomic E-state index is 0.0706. The Labute approximate surface area is 308 Å². The highest BCUT2D eigenvalue weighted by Crippen LogP contribution is 2.43. The number of hydrogen-bond donors (Lipinski definition) is 3. The van der Waals surface area contributed by atoms with Gasteiger partial charge in [-0.3, -0.25) is 13.8 Å². The average molecular weight is 728 g/mol. The molecule has 0 aromatic rings. The monoisotopic (exact) mass is 728 g/mol. The molecule has 1 amide bonds. The van der Waals surface area contributed by atoms with Crippen molar-refractivity contribution in [3.63, 3.8) is 0 Å². The van der Waals surface area contributed by atoms with Gasteiger partial charge in [-0.25, -0.2) is 4.57 Å². The lowest BCUT2D eigenvalue weighted by atomic mass is 10.0. The Morgan fingerprint density at radius 1 is 0.680 bits per heavy atom. The van der Waals surface area contributed by atoms with E-state index < -0.39 is 20.0 Å². The van der Waals surface area contributed by atoms with Crippen molar-refractivity contribution < 1.29 is 32.9 Å². The van der Waals surface area contributed by atoms with E-state index >= 15 is 0 Å². The predicted molar refractivity (Wildman–Crippen MR) is 212 cm³/mol. The van der Waals surface area contributed by atoms with Crippen LogP contribution in [0.15, 0.2) is 36.5 Å². The van der Waals surface area contributed by atoms with Crippen LogP contribution in [0.25, 0.3) is 0 Å². The summed E-state index contributed by atoms with van der Waals surface area (Å²) in [5.41, 5.74) is 0. The van der Waals surface area contributed by atoms with E-state index in [-0.39, 0.29) is 19.1 Å². The maximum Gasteiger partial charge on any atom is 0.472 e. The SMILES string of the molecule is CCCCC/C=C\C/C=C\C/C=C\CCCCCCCCC(=O)NC(COP(=O)(O)OCC[N+](C)(C)C)C(O)CCCCCCCCCCC. The number of quaternary nitrogens is 1. The highest BCUT2D eigenvalue weighted by molar-refractivity contribution is 7.47. The van der Waals surface area contributed by atoms with Crippen molar-refractivity contribution in [3.05, 3.63) is 36.5 Å². The lowest BCUT2D eigenvalue weighted by molar-refractivity contribution is -0.870. The number of carbonyl (C=O) groups is 1. The Morgan fingerprint density at radius 2 is 1.14 bits per heavy atom. The van der Waals surface area contributed by atoms with Gasteiger partial charge in [-0.05, 0) is 51.4 Å². The second-order valence-corrected chi connectivity index (χ2v) is 16.5. The summed E-state index contributed by atoms with van der Waals surface area (Å²) < 4.78 is 23.5. The van der Waals surface area contributed by atoms with Crippen LogP contribution in [0.1, 0.15) is 168 Å². The quantitative estimate of drug-likeness (QED) is 0.0257. The summed E-state index contributed by atoms with van der Waals surface area (Å²) >= 11 is 0. The summed E-state index contributed by atoms with van der Waals surface area (Å²) in [6.45, 7) is 4.80. The van der Waals surface area contributed by atoms with Crippen LogP contribution in [-0.2, 0) is 18.4 Å². The Kier molecular flexibility index (Phi) is 32.7. The number of carbonyl (C=O) groups excluding carboxylic acids is 1. The molecule has 3 atom stereocenters. The third-order valence-corrected chi connectivity index (χ3v) is 9.88. The second-order valence-electron chi connectivity index (χ2n) is 15.0. The van der Waals surface area contributed by atoms with Gasteiger partial charge in [-0.2, -0.15) is 0 Å². The van der Waals surface area contributed by atoms with Gasteiger partial charge in [0, 0.05) is 6.42 Å². The number of allylic oxidation sites excluding steroid dienone is 6. The molecule has 0 saturated heterocycles. The molecule has 0 aliphatic carbocycles. The molecule has 9 heteroatoms. The van der Waals surface area contributed by atoms with Crippen molar-refractivity contribution in [1.82, 2.24) is 5.32 Å². The Hall–Kier alpha value is -1.28. The maximum atomic E-state index is 12.8. The van der Waals surface area contributed by atoms with Gasteiger partial charge in [0.2, 0.25) is 5.91 Å². The molecule has 0 heterocycles. The zero-order valence-corrected chi connectivity index (χ0v) is 34.0. The number of likely N-dealkylation sites (N-methyl/N-ethyl adjacent to an activating group) is 1. The van der Waals surface area contributed by atoms with Crippen LogP contribution in [-0.4, -0.2) is 73.4 Å². The number of phosphoric ester groups is 1. The van der Waals surface area contributed by atoms with Crippen molar-refractivity contribution in [2.45, 2.75) is 180 Å². The molecular weight excluding hydrogens is 647 g/mol. The largest absolute Gasteiger partial charge is 0.472 e. The van der Waals surface area contributed by atoms with Gasteiger partial charge < -0.3 is 19.8 Å². The first kappa shape index (κ1) is 48.7. The van der Waals surface area contributed by atoms with Gasteiger partial charge in [-0.1, -0.05) is 147 Å². The number of hydrogen-bond acceptors (Lipinski definition) is 5. The summed E-state index contributed by atoms with van der Waals surface area (Å²) in [6, 6.07) is -0.764. The molecule has 0 radical (unpaired) electrons. The molecule has 0 aromatic heterocycles. The van der Waals surface area contributed by atoms with E-state index in [1.54, 1.807) is 0 Å². The van der Waals surface area contributed by atoms with Gasteiger partial charge in [0.05, 0.1) is 39.9 Å². The molecule has 0 rings (SSSR count). The third-order valence-electron chi connectivity index (χ3n) is 8.89. The van der Waals surface area contributed by atoms with Gasteiger partial charge in [0.1, 0.15) is 13.2 Å². The summed E-state index contributed by atoms with van der Waals surface area (Å²) in [7, 11) is 1.60. The molecule has 0 saturated carbocycles. The number of aliphatic hydroxyl groups is 1. The molecule has 0 aromatic carbocycles. The summed E-state index contributed by atoms with van der Waals surface area (Å²) in [4.78, 5) is 23.0. The smallest absolute Gasteiger partial charge is 0.391 e. The van der Waals surface area contributed by atoms with Crippen LogP contribution in [0.2, 0.25) is 0 Å². The number of nitrogens with one attached hydrogen (secondary N) is 1. The van der Waals surface area contributed by atoms with E-state index in [0.29, 0.717) is 23.9 Å². The Balaban J connectivity index is 4.37. The van der Waals surface area contributed by atoms with E-state index in [2.05, 4.69) is 55.6 Å². The van der Waals surface area contributed by atoms with Crippen LogP contribution in [0.3, 0.4) is 0 Å². The predicted octanol–water partition coefficient (Wildman–Crippen LogP) is 10.7. The first-order valence-corrected chi connectivity index (χ1v) is 21.8. The van der Waals surface area contributed by atoms with Gasteiger partial charge in [0.15, 0.2) is 0 Å². The molecular formula is C41H80N2O6P+. The summed E-state index contributed by atoms with van der Waals surface area (Å²) in [5, 5.41) is 13.8. The molecule has 0 spiro atoms. The van der Waals surface area contributed by atoms with Gasteiger partial charge >= 0.3 is 7.82 Å². The first-order chi connectivity index (χ1) is 24.0. The number of rotatable bonds is 36. The summed E-state index contributed by atoms with van der Waals surface area (Å²) in [6.07, 6.45) is 38.8. The molecule has 0 bridgehead atoms. The molecule has 0 fully saturated rings. The summed E-state index contributed by atoms with van der Waals surface area (Å²) in [5.74, 6) is -0.161. The van der Waals surface area contributed by atoms with Crippen molar-refractivity contribution in [2.24, 2.45) is 0 Å². The number of phosphoric acid groups is 1. The standard InChI is InChI=1S/C41H79N2O6P/c1-6-8-10-12-14-16-17-18-19-20-21-22-23-24-25-27-29-31-33-35-41(45)42-39(38-49-50(46,47)48-37-36-43(3,4)5)40(44)34-32-30-28-26-15-13-11-9-7-2/h14,16,18-19,21-22,39-40,44H,6-13,15,17,20,23-38H2,1-5H3,(H-,42,45,46,47)/p+1/b16-14-,19-18-,22-21-. The fraction of sp³-hybridized carbons (Fsp3) is 0.829. The molecule has 3 N–H and O–H groups in total. The number of unbranched alkanes of at least 4 members (excludes halogenated alkanes) is 17.